The quantitative estimate of drug-likeness (QED) is 0.416. The zero-order valence-electron chi connectivity index (χ0n) is 18.0. The van der Waals surface area contributed by atoms with Gasteiger partial charge in [0.05, 0.1) is 24.3 Å². The molecule has 0 aliphatic heterocycles. The molecular formula is C24H25F4N3. The molecule has 0 aliphatic carbocycles. The average Bonchev–Trinajstić information content (AvgIpc) is 2.71. The first-order chi connectivity index (χ1) is 14.7. The van der Waals surface area contributed by atoms with E-state index in [-0.39, 0.29) is 29.5 Å². The minimum Gasteiger partial charge on any atom is -0.261 e. The van der Waals surface area contributed by atoms with Gasteiger partial charge in [-0.05, 0) is 53.9 Å². The van der Waals surface area contributed by atoms with Crippen molar-refractivity contribution in [2.45, 2.75) is 58.3 Å². The molecule has 3 rings (SSSR count). The summed E-state index contributed by atoms with van der Waals surface area (Å²) in [6.07, 6.45) is 5.48. The van der Waals surface area contributed by atoms with Gasteiger partial charge in [-0.15, -0.1) is 0 Å². The van der Waals surface area contributed by atoms with Gasteiger partial charge in [-0.3, -0.25) is 15.0 Å². The minimum atomic E-state index is -0.679. The largest absolute Gasteiger partial charge is 0.261 e. The highest BCUT2D eigenvalue weighted by Crippen LogP contribution is 2.29. The molecule has 0 N–H and O–H groups in total. The van der Waals surface area contributed by atoms with Crippen molar-refractivity contribution in [2.24, 2.45) is 0 Å². The van der Waals surface area contributed by atoms with Crippen LogP contribution in [0.4, 0.5) is 17.6 Å². The van der Waals surface area contributed by atoms with E-state index in [4.69, 9.17) is 0 Å². The van der Waals surface area contributed by atoms with Crippen molar-refractivity contribution in [3.05, 3.63) is 88.3 Å². The standard InChI is InChI=1S/C24H25F4N3/c1-13(2)23-21(27)12-31-22(24(23)28)6-15(4)19-8-18(30-11-20(19)26)5-14(3)16-7-17(25)10-29-9-16/h7-15H,5-6H2,1-4H3. The Morgan fingerprint density at radius 3 is 2.16 bits per heavy atom. The Morgan fingerprint density at radius 1 is 0.774 bits per heavy atom. The Hall–Kier alpha value is -2.83. The van der Waals surface area contributed by atoms with Gasteiger partial charge < -0.3 is 0 Å². The highest BCUT2D eigenvalue weighted by Gasteiger charge is 2.21. The van der Waals surface area contributed by atoms with Crippen LogP contribution in [0.2, 0.25) is 0 Å². The summed E-state index contributed by atoms with van der Waals surface area (Å²) >= 11 is 0. The Labute approximate surface area is 179 Å². The van der Waals surface area contributed by atoms with E-state index < -0.39 is 29.2 Å². The molecule has 0 spiro atoms. The molecule has 3 nitrogen and oxygen atoms in total. The van der Waals surface area contributed by atoms with Crippen molar-refractivity contribution >= 4 is 0 Å². The van der Waals surface area contributed by atoms with E-state index in [1.807, 2.05) is 6.92 Å². The predicted octanol–water partition coefficient (Wildman–Crippen LogP) is 6.24. The summed E-state index contributed by atoms with van der Waals surface area (Å²) in [6.45, 7) is 7.09. The van der Waals surface area contributed by atoms with E-state index in [1.54, 1.807) is 33.0 Å². The maximum atomic E-state index is 14.8. The van der Waals surface area contributed by atoms with Crippen LogP contribution < -0.4 is 0 Å². The van der Waals surface area contributed by atoms with Gasteiger partial charge in [0.15, 0.2) is 5.82 Å². The van der Waals surface area contributed by atoms with Gasteiger partial charge in [0, 0.05) is 17.5 Å². The third-order valence-corrected chi connectivity index (χ3v) is 5.44. The summed E-state index contributed by atoms with van der Waals surface area (Å²) in [5.41, 5.74) is 1.83. The Balaban J connectivity index is 1.82. The zero-order chi connectivity index (χ0) is 22.7. The molecule has 3 aromatic heterocycles. The lowest BCUT2D eigenvalue weighted by molar-refractivity contribution is 0.510. The summed E-state index contributed by atoms with van der Waals surface area (Å²) in [5.74, 6) is -3.08. The Kier molecular flexibility index (Phi) is 7.03. The summed E-state index contributed by atoms with van der Waals surface area (Å²) < 4.78 is 56.7. The van der Waals surface area contributed by atoms with Crippen molar-refractivity contribution in [1.29, 1.82) is 0 Å². The van der Waals surface area contributed by atoms with Gasteiger partial charge in [-0.1, -0.05) is 27.7 Å². The second kappa shape index (κ2) is 9.54. The highest BCUT2D eigenvalue weighted by atomic mass is 19.1. The molecular weight excluding hydrogens is 406 g/mol. The number of rotatable bonds is 7. The first kappa shape index (κ1) is 22.8. The number of halogens is 4. The van der Waals surface area contributed by atoms with Crippen LogP contribution in [0.15, 0.2) is 36.9 Å². The monoisotopic (exact) mass is 431 g/mol. The maximum Gasteiger partial charge on any atom is 0.151 e. The first-order valence-corrected chi connectivity index (χ1v) is 10.2. The molecule has 7 heteroatoms. The molecule has 0 radical (unpaired) electrons. The summed E-state index contributed by atoms with van der Waals surface area (Å²) in [4.78, 5) is 11.9. The first-order valence-electron chi connectivity index (χ1n) is 10.2. The number of pyridine rings is 3. The molecule has 0 saturated heterocycles. The van der Waals surface area contributed by atoms with Gasteiger partial charge in [-0.2, -0.15) is 0 Å². The van der Waals surface area contributed by atoms with Crippen molar-refractivity contribution in [1.82, 2.24) is 15.0 Å². The topological polar surface area (TPSA) is 38.7 Å². The van der Waals surface area contributed by atoms with Crippen LogP contribution in [0.25, 0.3) is 0 Å². The van der Waals surface area contributed by atoms with E-state index in [0.29, 0.717) is 17.7 Å². The van der Waals surface area contributed by atoms with Gasteiger partial charge in [-0.25, -0.2) is 17.6 Å². The van der Waals surface area contributed by atoms with E-state index >= 15 is 0 Å². The van der Waals surface area contributed by atoms with Crippen LogP contribution >= 0.6 is 0 Å². The number of hydrogen-bond acceptors (Lipinski definition) is 3. The molecule has 2 atom stereocenters. The van der Waals surface area contributed by atoms with Gasteiger partial charge in [0.1, 0.15) is 17.5 Å². The van der Waals surface area contributed by atoms with Crippen molar-refractivity contribution in [3.8, 4) is 0 Å². The minimum absolute atomic E-state index is 0.00869. The molecule has 0 amide bonds. The number of aromatic nitrogens is 3. The molecule has 2 unspecified atom stereocenters. The molecule has 0 saturated carbocycles. The van der Waals surface area contributed by atoms with E-state index in [0.717, 1.165) is 24.2 Å². The lowest BCUT2D eigenvalue weighted by Crippen LogP contribution is -2.10. The van der Waals surface area contributed by atoms with Gasteiger partial charge >= 0.3 is 0 Å². The smallest absolute Gasteiger partial charge is 0.151 e. The van der Waals surface area contributed by atoms with Gasteiger partial charge in [0.2, 0.25) is 0 Å². The van der Waals surface area contributed by atoms with Crippen LogP contribution in [0.3, 0.4) is 0 Å². The van der Waals surface area contributed by atoms with Crippen LogP contribution in [-0.4, -0.2) is 15.0 Å². The second-order valence-electron chi connectivity index (χ2n) is 8.28. The Morgan fingerprint density at radius 2 is 1.48 bits per heavy atom. The van der Waals surface area contributed by atoms with Crippen LogP contribution in [-0.2, 0) is 12.8 Å². The lowest BCUT2D eigenvalue weighted by Gasteiger charge is -2.17. The molecule has 31 heavy (non-hydrogen) atoms. The zero-order valence-corrected chi connectivity index (χ0v) is 18.0. The fraction of sp³-hybridized carbons (Fsp3) is 0.375. The van der Waals surface area contributed by atoms with Crippen LogP contribution in [0.5, 0.6) is 0 Å². The predicted molar refractivity (Wildman–Crippen MR) is 111 cm³/mol. The van der Waals surface area contributed by atoms with Crippen molar-refractivity contribution < 1.29 is 17.6 Å². The van der Waals surface area contributed by atoms with Crippen LogP contribution in [0.1, 0.15) is 73.5 Å². The molecule has 164 valence electrons. The lowest BCUT2D eigenvalue weighted by atomic mass is 9.91. The van der Waals surface area contributed by atoms with Crippen LogP contribution in [0, 0.1) is 23.3 Å². The van der Waals surface area contributed by atoms with Gasteiger partial charge in [0.25, 0.3) is 0 Å². The normalized spacial score (nSPS) is 13.5. The molecule has 0 fully saturated rings. The number of nitrogens with zero attached hydrogens (tertiary/aromatic N) is 3. The fourth-order valence-electron chi connectivity index (χ4n) is 3.71. The Bertz CT molecular complexity index is 1070. The third kappa shape index (κ3) is 5.27. The molecule has 0 aliphatic rings. The maximum absolute atomic E-state index is 14.8. The van der Waals surface area contributed by atoms with Crippen molar-refractivity contribution in [3.63, 3.8) is 0 Å². The van der Waals surface area contributed by atoms with Crippen molar-refractivity contribution in [2.75, 3.05) is 0 Å². The summed E-state index contributed by atoms with van der Waals surface area (Å²) in [7, 11) is 0. The molecule has 3 heterocycles. The second-order valence-corrected chi connectivity index (χ2v) is 8.28. The fourth-order valence-corrected chi connectivity index (χ4v) is 3.71. The number of hydrogen-bond donors (Lipinski definition) is 0. The van der Waals surface area contributed by atoms with E-state index in [2.05, 4.69) is 15.0 Å². The molecule has 3 aromatic rings. The highest BCUT2D eigenvalue weighted by molar-refractivity contribution is 5.29. The summed E-state index contributed by atoms with van der Waals surface area (Å²) in [6, 6.07) is 3.06. The average molecular weight is 431 g/mol. The van der Waals surface area contributed by atoms with E-state index in [9.17, 15) is 17.6 Å². The SMILES string of the molecule is CC(C)c1c(F)cnc(CC(C)c2cc(CC(C)c3cncc(F)c3)ncc2F)c1F. The third-order valence-electron chi connectivity index (χ3n) is 5.44. The molecule has 0 aromatic carbocycles. The van der Waals surface area contributed by atoms with E-state index in [1.165, 1.54) is 6.07 Å². The summed E-state index contributed by atoms with van der Waals surface area (Å²) in [5, 5.41) is 0. The molecule has 0 bridgehead atoms.